The molecule has 0 saturated heterocycles. The van der Waals surface area contributed by atoms with Crippen LogP contribution < -0.4 is 5.73 Å². The summed E-state index contributed by atoms with van der Waals surface area (Å²) < 4.78 is 40.5. The first-order valence-corrected chi connectivity index (χ1v) is 8.73. The third-order valence-corrected chi connectivity index (χ3v) is 5.38. The van der Waals surface area contributed by atoms with Crippen LogP contribution in [0.15, 0.2) is 34.1 Å². The van der Waals surface area contributed by atoms with Crippen LogP contribution >= 0.6 is 0 Å². The Morgan fingerprint density at radius 2 is 1.82 bits per heavy atom. The summed E-state index contributed by atoms with van der Waals surface area (Å²) in [5.41, 5.74) is 6.74. The maximum atomic E-state index is 13.0. The van der Waals surface area contributed by atoms with Crippen LogP contribution in [-0.4, -0.2) is 24.7 Å². The van der Waals surface area contributed by atoms with Crippen LogP contribution in [0, 0.1) is 5.82 Å². The zero-order chi connectivity index (χ0) is 16.3. The van der Waals surface area contributed by atoms with Gasteiger partial charge in [-0.25, -0.2) is 12.8 Å². The van der Waals surface area contributed by atoms with Gasteiger partial charge < -0.3 is 5.73 Å². The van der Waals surface area contributed by atoms with Gasteiger partial charge in [-0.3, -0.25) is 4.68 Å². The Morgan fingerprint density at radius 1 is 1.18 bits per heavy atom. The summed E-state index contributed by atoms with van der Waals surface area (Å²) in [6, 6.07) is 4.86. The molecule has 5 nitrogen and oxygen atoms in total. The lowest BCUT2D eigenvalue weighted by Gasteiger charge is -2.08. The molecule has 0 aliphatic carbocycles. The number of sulfone groups is 1. The van der Waals surface area contributed by atoms with Gasteiger partial charge in [-0.15, -0.1) is 0 Å². The Morgan fingerprint density at radius 3 is 2.32 bits per heavy atom. The molecule has 0 fully saturated rings. The average molecular weight is 325 g/mol. The first-order chi connectivity index (χ1) is 10.5. The molecular weight excluding hydrogens is 305 g/mol. The summed E-state index contributed by atoms with van der Waals surface area (Å²) in [6.45, 7) is 4.59. The van der Waals surface area contributed by atoms with Crippen LogP contribution in [0.1, 0.15) is 25.2 Å². The average Bonchev–Trinajstić information content (AvgIpc) is 2.86. The topological polar surface area (TPSA) is 78.0 Å². The van der Waals surface area contributed by atoms with Crippen LogP contribution in [-0.2, 0) is 29.2 Å². The Kier molecular flexibility index (Phi) is 4.97. The summed E-state index contributed by atoms with van der Waals surface area (Å²) in [5.74, 6) is -0.468. The lowest BCUT2D eigenvalue weighted by molar-refractivity contribution is 0.581. The second kappa shape index (κ2) is 6.58. The standard InChI is InChI=1S/C15H20FN3O2S/c1-3-13-15(14(4-2)19(18-13)10-9-17)22(20,21)12-7-5-11(16)6-8-12/h5-8H,3-4,9-10,17H2,1-2H3. The van der Waals surface area contributed by atoms with Gasteiger partial charge in [-0.1, -0.05) is 13.8 Å². The molecule has 2 N–H and O–H groups in total. The van der Waals surface area contributed by atoms with Crippen molar-refractivity contribution in [2.75, 3.05) is 6.54 Å². The van der Waals surface area contributed by atoms with Crippen LogP contribution in [0.5, 0.6) is 0 Å². The number of rotatable bonds is 6. The molecule has 1 aromatic heterocycles. The smallest absolute Gasteiger partial charge is 0.210 e. The van der Waals surface area contributed by atoms with Gasteiger partial charge in [-0.2, -0.15) is 5.10 Å². The van der Waals surface area contributed by atoms with E-state index in [2.05, 4.69) is 5.10 Å². The van der Waals surface area contributed by atoms with Gasteiger partial charge in [0.25, 0.3) is 0 Å². The maximum Gasteiger partial charge on any atom is 0.210 e. The number of hydrogen-bond acceptors (Lipinski definition) is 4. The number of hydrogen-bond donors (Lipinski definition) is 1. The largest absolute Gasteiger partial charge is 0.329 e. The molecule has 1 aromatic carbocycles. The van der Waals surface area contributed by atoms with Crippen molar-refractivity contribution in [2.45, 2.75) is 43.0 Å². The highest BCUT2D eigenvalue weighted by Crippen LogP contribution is 2.28. The van der Waals surface area contributed by atoms with E-state index in [4.69, 9.17) is 5.73 Å². The van der Waals surface area contributed by atoms with Gasteiger partial charge in [0.05, 0.1) is 22.8 Å². The first-order valence-electron chi connectivity index (χ1n) is 7.24. The number of aromatic nitrogens is 2. The summed E-state index contributed by atoms with van der Waals surface area (Å²) in [7, 11) is -3.73. The van der Waals surface area contributed by atoms with Gasteiger partial charge in [0, 0.05) is 6.54 Å². The number of benzene rings is 1. The monoisotopic (exact) mass is 325 g/mol. The van der Waals surface area contributed by atoms with Crippen LogP contribution in [0.2, 0.25) is 0 Å². The third kappa shape index (κ3) is 2.91. The van der Waals surface area contributed by atoms with Crippen molar-refractivity contribution in [3.8, 4) is 0 Å². The molecule has 0 aliphatic rings. The van der Waals surface area contributed by atoms with E-state index in [1.807, 2.05) is 13.8 Å². The molecule has 0 radical (unpaired) electrons. The second-order valence-corrected chi connectivity index (χ2v) is 6.79. The minimum atomic E-state index is -3.73. The molecule has 0 spiro atoms. The molecule has 7 heteroatoms. The first kappa shape index (κ1) is 16.6. The lowest BCUT2D eigenvalue weighted by atomic mass is 10.2. The fourth-order valence-electron chi connectivity index (χ4n) is 2.46. The number of halogens is 1. The van der Waals surface area contributed by atoms with E-state index in [1.165, 1.54) is 12.1 Å². The molecule has 2 aromatic rings. The van der Waals surface area contributed by atoms with Gasteiger partial charge in [0.15, 0.2) is 0 Å². The van der Waals surface area contributed by atoms with E-state index < -0.39 is 15.7 Å². The number of nitrogens with zero attached hydrogens (tertiary/aromatic N) is 2. The van der Waals surface area contributed by atoms with E-state index in [-0.39, 0.29) is 9.79 Å². The third-order valence-electron chi connectivity index (χ3n) is 3.48. The molecule has 22 heavy (non-hydrogen) atoms. The minimum absolute atomic E-state index is 0.0746. The summed E-state index contributed by atoms with van der Waals surface area (Å²) >= 11 is 0. The van der Waals surface area contributed by atoms with Crippen molar-refractivity contribution < 1.29 is 12.8 Å². The molecule has 0 saturated carbocycles. The van der Waals surface area contributed by atoms with Crippen molar-refractivity contribution in [1.29, 1.82) is 0 Å². The van der Waals surface area contributed by atoms with Crippen molar-refractivity contribution >= 4 is 9.84 Å². The maximum absolute atomic E-state index is 13.0. The SMILES string of the molecule is CCc1nn(CCN)c(CC)c1S(=O)(=O)c1ccc(F)cc1. The van der Waals surface area contributed by atoms with E-state index in [0.717, 1.165) is 12.1 Å². The molecule has 0 unspecified atom stereocenters. The van der Waals surface area contributed by atoms with Gasteiger partial charge in [-0.05, 0) is 37.1 Å². The fourth-order valence-corrected chi connectivity index (χ4v) is 4.24. The highest BCUT2D eigenvalue weighted by Gasteiger charge is 2.28. The van der Waals surface area contributed by atoms with Crippen molar-refractivity contribution in [3.63, 3.8) is 0 Å². The fraction of sp³-hybridized carbons (Fsp3) is 0.400. The summed E-state index contributed by atoms with van der Waals surface area (Å²) in [5, 5.41) is 4.38. The Bertz CT molecular complexity index is 752. The highest BCUT2D eigenvalue weighted by molar-refractivity contribution is 7.91. The zero-order valence-corrected chi connectivity index (χ0v) is 13.5. The Balaban J connectivity index is 2.66. The van der Waals surface area contributed by atoms with Gasteiger partial charge in [0.1, 0.15) is 10.7 Å². The predicted molar refractivity (Wildman–Crippen MR) is 81.9 cm³/mol. The van der Waals surface area contributed by atoms with Gasteiger partial charge >= 0.3 is 0 Å². The van der Waals surface area contributed by atoms with Crippen LogP contribution in [0.25, 0.3) is 0 Å². The predicted octanol–water partition coefficient (Wildman–Crippen LogP) is 1.94. The van der Waals surface area contributed by atoms with Crippen LogP contribution in [0.4, 0.5) is 4.39 Å². The van der Waals surface area contributed by atoms with Crippen molar-refractivity contribution in [2.24, 2.45) is 5.73 Å². The molecule has 1 heterocycles. The summed E-state index contributed by atoms with van der Waals surface area (Å²) in [6.07, 6.45) is 1.03. The van der Waals surface area contributed by atoms with E-state index in [1.54, 1.807) is 4.68 Å². The quantitative estimate of drug-likeness (QED) is 0.823. The van der Waals surface area contributed by atoms with Crippen molar-refractivity contribution in [1.82, 2.24) is 9.78 Å². The Hall–Kier alpha value is -1.73. The molecule has 0 amide bonds. The van der Waals surface area contributed by atoms with Gasteiger partial charge in [0.2, 0.25) is 9.84 Å². The molecule has 0 aliphatic heterocycles. The second-order valence-electron chi connectivity index (χ2n) is 4.90. The molecule has 0 atom stereocenters. The molecule has 120 valence electrons. The molecule has 0 bridgehead atoms. The zero-order valence-electron chi connectivity index (χ0n) is 12.7. The normalized spacial score (nSPS) is 11.8. The van der Waals surface area contributed by atoms with Crippen LogP contribution in [0.3, 0.4) is 0 Å². The van der Waals surface area contributed by atoms with E-state index >= 15 is 0 Å². The van der Waals surface area contributed by atoms with E-state index in [0.29, 0.717) is 37.3 Å². The van der Waals surface area contributed by atoms with Crippen molar-refractivity contribution in [3.05, 3.63) is 41.5 Å². The number of aryl methyl sites for hydroxylation is 1. The number of nitrogens with two attached hydrogens (primary N) is 1. The lowest BCUT2D eigenvalue weighted by Crippen LogP contribution is -2.14. The van der Waals surface area contributed by atoms with E-state index in [9.17, 15) is 12.8 Å². The Labute approximate surface area is 129 Å². The molecular formula is C15H20FN3O2S. The molecule has 2 rings (SSSR count). The minimum Gasteiger partial charge on any atom is -0.329 e. The highest BCUT2D eigenvalue weighted by atomic mass is 32.2. The summed E-state index contributed by atoms with van der Waals surface area (Å²) in [4.78, 5) is 0.308.